The first kappa shape index (κ1) is 21.9. The summed E-state index contributed by atoms with van der Waals surface area (Å²) in [5, 5.41) is 9.27. The van der Waals surface area contributed by atoms with Gasteiger partial charge in [-0.05, 0) is 31.2 Å². The highest BCUT2D eigenvalue weighted by atomic mass is 32.2. The van der Waals surface area contributed by atoms with E-state index in [0.717, 1.165) is 11.3 Å². The van der Waals surface area contributed by atoms with Gasteiger partial charge in [-0.1, -0.05) is 30.0 Å². The van der Waals surface area contributed by atoms with E-state index in [2.05, 4.69) is 21.8 Å². The van der Waals surface area contributed by atoms with Crippen molar-refractivity contribution in [3.8, 4) is 22.9 Å². The van der Waals surface area contributed by atoms with Gasteiger partial charge in [-0.25, -0.2) is 0 Å². The molecule has 0 fully saturated rings. The van der Waals surface area contributed by atoms with Gasteiger partial charge >= 0.3 is 0 Å². The average molecular weight is 452 g/mol. The fraction of sp³-hybridized carbons (Fsp3) is 0.304. The van der Waals surface area contributed by atoms with Crippen LogP contribution in [-0.2, 0) is 11.3 Å². The van der Waals surface area contributed by atoms with Crippen LogP contribution in [0.3, 0.4) is 0 Å². The Bertz CT molecular complexity index is 1070. The minimum Gasteiger partial charge on any atom is -0.486 e. The van der Waals surface area contributed by atoms with Crippen molar-refractivity contribution in [2.75, 3.05) is 25.4 Å². The van der Waals surface area contributed by atoms with Crippen LogP contribution in [0.2, 0.25) is 0 Å². The third-order valence-corrected chi connectivity index (χ3v) is 5.95. The van der Waals surface area contributed by atoms with Gasteiger partial charge in [0.15, 0.2) is 28.6 Å². The first-order chi connectivity index (χ1) is 15.7. The average Bonchev–Trinajstić information content (AvgIpc) is 3.24. The first-order valence-corrected chi connectivity index (χ1v) is 11.4. The Hall–Kier alpha value is -3.33. The number of fused-ring (bicyclic) bond motifs is 1. The maximum absolute atomic E-state index is 12.9. The van der Waals surface area contributed by atoms with E-state index in [1.165, 1.54) is 11.8 Å². The number of nitrogens with zero attached hydrogens (tertiary/aromatic N) is 5. The number of pyridine rings is 1. The lowest BCUT2D eigenvalue weighted by atomic mass is 10.2. The second-order valence-electron chi connectivity index (χ2n) is 7.17. The van der Waals surface area contributed by atoms with Crippen LogP contribution < -0.4 is 9.47 Å². The van der Waals surface area contributed by atoms with Crippen LogP contribution in [-0.4, -0.2) is 62.1 Å². The maximum Gasteiger partial charge on any atom is 0.233 e. The van der Waals surface area contributed by atoms with Crippen molar-refractivity contribution in [1.29, 1.82) is 0 Å². The lowest BCUT2D eigenvalue weighted by Crippen LogP contribution is -2.44. The molecule has 0 saturated heterocycles. The summed E-state index contributed by atoms with van der Waals surface area (Å²) in [6.45, 7) is 7.79. The molecule has 0 spiro atoms. The zero-order valence-electron chi connectivity index (χ0n) is 17.9. The van der Waals surface area contributed by atoms with E-state index in [0.29, 0.717) is 43.0 Å². The van der Waals surface area contributed by atoms with Crippen molar-refractivity contribution < 1.29 is 14.3 Å². The number of allylic oxidation sites excluding steroid dienone is 1. The summed E-state index contributed by atoms with van der Waals surface area (Å²) in [5.41, 5.74) is 0.866. The van der Waals surface area contributed by atoms with Gasteiger partial charge in [-0.15, -0.1) is 16.8 Å². The summed E-state index contributed by atoms with van der Waals surface area (Å²) >= 11 is 1.36. The highest BCUT2D eigenvalue weighted by molar-refractivity contribution is 7.99. The highest BCUT2D eigenvalue weighted by Crippen LogP contribution is 2.31. The van der Waals surface area contributed by atoms with E-state index in [1.807, 2.05) is 47.9 Å². The summed E-state index contributed by atoms with van der Waals surface area (Å²) in [5.74, 6) is 2.41. The standard InChI is InChI=1S/C23H25N5O3S/c1-3-12-28-22(17-8-7-11-24-13-17)25-26-23(28)32-16-21(29)27(4-2)14-18-15-30-19-9-5-6-10-20(19)31-18/h3,5-11,13,18H,1,4,12,14-16H2,2H3. The van der Waals surface area contributed by atoms with Gasteiger partial charge in [0.25, 0.3) is 0 Å². The van der Waals surface area contributed by atoms with Gasteiger partial charge in [0.2, 0.25) is 5.91 Å². The molecule has 3 heterocycles. The van der Waals surface area contributed by atoms with Crippen LogP contribution in [0.1, 0.15) is 6.92 Å². The molecule has 0 saturated carbocycles. The molecule has 0 radical (unpaired) electrons. The molecule has 32 heavy (non-hydrogen) atoms. The predicted molar refractivity (Wildman–Crippen MR) is 123 cm³/mol. The normalized spacial score (nSPS) is 14.7. The number of para-hydroxylation sites is 2. The molecule has 0 aliphatic carbocycles. The number of ether oxygens (including phenoxy) is 2. The number of likely N-dealkylation sites (N-methyl/N-ethyl adjacent to an activating group) is 1. The summed E-state index contributed by atoms with van der Waals surface area (Å²) in [7, 11) is 0. The molecule has 0 bridgehead atoms. The van der Waals surface area contributed by atoms with Gasteiger partial charge in [-0.3, -0.25) is 14.3 Å². The Labute approximate surface area is 191 Å². The largest absolute Gasteiger partial charge is 0.486 e. The van der Waals surface area contributed by atoms with Crippen molar-refractivity contribution >= 4 is 17.7 Å². The Morgan fingerprint density at radius 3 is 2.88 bits per heavy atom. The predicted octanol–water partition coefficient (Wildman–Crippen LogP) is 3.31. The van der Waals surface area contributed by atoms with Crippen molar-refractivity contribution in [2.45, 2.75) is 24.7 Å². The number of amides is 1. The minimum atomic E-state index is -0.208. The zero-order chi connectivity index (χ0) is 22.3. The van der Waals surface area contributed by atoms with Crippen LogP contribution in [0.5, 0.6) is 11.5 Å². The highest BCUT2D eigenvalue weighted by Gasteiger charge is 2.25. The van der Waals surface area contributed by atoms with Crippen LogP contribution in [0, 0.1) is 0 Å². The van der Waals surface area contributed by atoms with E-state index in [9.17, 15) is 4.79 Å². The van der Waals surface area contributed by atoms with Crippen LogP contribution >= 0.6 is 11.8 Å². The van der Waals surface area contributed by atoms with E-state index in [-0.39, 0.29) is 17.8 Å². The number of rotatable bonds is 9. The molecule has 2 aromatic heterocycles. The molecule has 4 rings (SSSR count). The number of hydrogen-bond acceptors (Lipinski definition) is 7. The Morgan fingerprint density at radius 1 is 1.28 bits per heavy atom. The zero-order valence-corrected chi connectivity index (χ0v) is 18.7. The summed E-state index contributed by atoms with van der Waals surface area (Å²) in [4.78, 5) is 18.9. The van der Waals surface area contributed by atoms with Gasteiger partial charge in [-0.2, -0.15) is 0 Å². The van der Waals surface area contributed by atoms with Gasteiger partial charge in [0.05, 0.1) is 12.3 Å². The summed E-state index contributed by atoms with van der Waals surface area (Å²) in [6, 6.07) is 11.4. The molecule has 1 aliphatic heterocycles. The third kappa shape index (κ3) is 4.94. The Kier molecular flexibility index (Phi) is 7.06. The fourth-order valence-corrected chi connectivity index (χ4v) is 4.27. The monoisotopic (exact) mass is 451 g/mol. The molecule has 8 nitrogen and oxygen atoms in total. The number of thioether (sulfide) groups is 1. The molecular weight excluding hydrogens is 426 g/mol. The number of carbonyl (C=O) groups is 1. The van der Waals surface area contributed by atoms with E-state index in [4.69, 9.17) is 9.47 Å². The van der Waals surface area contributed by atoms with Gasteiger partial charge in [0, 0.05) is 31.0 Å². The SMILES string of the molecule is C=CCn1c(SCC(=O)N(CC)CC2COc3ccccc3O2)nnc1-c1cccnc1. The Balaban J connectivity index is 1.39. The second kappa shape index (κ2) is 10.3. The van der Waals surface area contributed by atoms with Crippen molar-refractivity contribution in [1.82, 2.24) is 24.6 Å². The minimum absolute atomic E-state index is 0.0102. The molecule has 0 N–H and O–H groups in total. The number of carbonyl (C=O) groups excluding carboxylic acids is 1. The molecule has 3 aromatic rings. The quantitative estimate of drug-likeness (QED) is 0.365. The maximum atomic E-state index is 12.9. The van der Waals surface area contributed by atoms with Gasteiger partial charge < -0.3 is 14.4 Å². The van der Waals surface area contributed by atoms with Crippen molar-refractivity contribution in [3.05, 3.63) is 61.4 Å². The molecular formula is C23H25N5O3S. The van der Waals surface area contributed by atoms with Crippen LogP contribution in [0.25, 0.3) is 11.4 Å². The lowest BCUT2D eigenvalue weighted by molar-refractivity contribution is -0.129. The van der Waals surface area contributed by atoms with Crippen LogP contribution in [0.4, 0.5) is 0 Å². The molecule has 1 aliphatic rings. The fourth-order valence-electron chi connectivity index (χ4n) is 3.42. The molecule has 1 amide bonds. The third-order valence-electron chi connectivity index (χ3n) is 5.00. The van der Waals surface area contributed by atoms with E-state index >= 15 is 0 Å². The summed E-state index contributed by atoms with van der Waals surface area (Å²) in [6.07, 6.45) is 5.03. The lowest BCUT2D eigenvalue weighted by Gasteiger charge is -2.30. The number of aromatic nitrogens is 4. The molecule has 166 valence electrons. The van der Waals surface area contributed by atoms with E-state index < -0.39 is 0 Å². The van der Waals surface area contributed by atoms with Crippen molar-refractivity contribution in [2.24, 2.45) is 0 Å². The van der Waals surface area contributed by atoms with E-state index in [1.54, 1.807) is 23.4 Å². The molecule has 1 unspecified atom stereocenters. The number of benzene rings is 1. The first-order valence-electron chi connectivity index (χ1n) is 10.4. The summed E-state index contributed by atoms with van der Waals surface area (Å²) < 4.78 is 13.7. The Morgan fingerprint density at radius 2 is 2.12 bits per heavy atom. The second-order valence-corrected chi connectivity index (χ2v) is 8.11. The van der Waals surface area contributed by atoms with Crippen LogP contribution in [0.15, 0.2) is 66.6 Å². The number of hydrogen-bond donors (Lipinski definition) is 0. The smallest absolute Gasteiger partial charge is 0.233 e. The molecule has 1 atom stereocenters. The van der Waals surface area contributed by atoms with Crippen molar-refractivity contribution in [3.63, 3.8) is 0 Å². The molecule has 1 aromatic carbocycles. The molecule has 9 heteroatoms. The van der Waals surface area contributed by atoms with Gasteiger partial charge in [0.1, 0.15) is 6.61 Å². The topological polar surface area (TPSA) is 82.4 Å².